The molecule has 1 aliphatic rings. The van der Waals surface area contributed by atoms with Crippen LogP contribution in [0.5, 0.6) is 0 Å². The van der Waals surface area contributed by atoms with Gasteiger partial charge in [-0.15, -0.1) is 0 Å². The Morgan fingerprint density at radius 1 is 1.25 bits per heavy atom. The van der Waals surface area contributed by atoms with E-state index in [1.54, 1.807) is 0 Å². The van der Waals surface area contributed by atoms with Crippen LogP contribution in [0.1, 0.15) is 24.6 Å². The summed E-state index contributed by atoms with van der Waals surface area (Å²) in [5.41, 5.74) is 11.7. The lowest BCUT2D eigenvalue weighted by Gasteiger charge is -2.18. The van der Waals surface area contributed by atoms with Gasteiger partial charge < -0.3 is 5.73 Å². The van der Waals surface area contributed by atoms with Crippen LogP contribution in [0.15, 0.2) is 30.3 Å². The zero-order valence-electron chi connectivity index (χ0n) is 9.33. The number of rotatable bonds is 0. The van der Waals surface area contributed by atoms with Gasteiger partial charge in [0.2, 0.25) is 0 Å². The van der Waals surface area contributed by atoms with E-state index in [0.717, 1.165) is 40.7 Å². The maximum atomic E-state index is 6.25. The molecule has 0 aliphatic heterocycles. The van der Waals surface area contributed by atoms with Crippen molar-refractivity contribution in [2.24, 2.45) is 0 Å². The summed E-state index contributed by atoms with van der Waals surface area (Å²) in [7, 11) is 0. The zero-order chi connectivity index (χ0) is 11.1. The second-order valence-electron chi connectivity index (χ2n) is 4.29. The monoisotopic (exact) mass is 210 g/mol. The zero-order valence-corrected chi connectivity index (χ0v) is 9.33. The summed E-state index contributed by atoms with van der Waals surface area (Å²) in [5.74, 6) is 0. The summed E-state index contributed by atoms with van der Waals surface area (Å²) in [4.78, 5) is 4.71. The SMILES string of the molecule is CC1=CCCc2nc3ccccc3c(N)c21. The highest BCUT2D eigenvalue weighted by Gasteiger charge is 2.16. The minimum absolute atomic E-state index is 0.883. The van der Waals surface area contributed by atoms with Crippen LogP contribution in [0.3, 0.4) is 0 Å². The predicted octanol–water partition coefficient (Wildman–Crippen LogP) is 3.17. The molecular weight excluding hydrogens is 196 g/mol. The Morgan fingerprint density at radius 2 is 2.06 bits per heavy atom. The number of aromatic nitrogens is 1. The van der Waals surface area contributed by atoms with Crippen LogP contribution >= 0.6 is 0 Å². The van der Waals surface area contributed by atoms with Gasteiger partial charge in [-0.3, -0.25) is 4.98 Å². The minimum atomic E-state index is 0.883. The van der Waals surface area contributed by atoms with Gasteiger partial charge in [0, 0.05) is 10.9 Å². The van der Waals surface area contributed by atoms with E-state index in [9.17, 15) is 0 Å². The highest BCUT2D eigenvalue weighted by molar-refractivity contribution is 5.97. The standard InChI is InChI=1S/C14H14N2/c1-9-5-4-8-12-13(9)14(15)10-6-2-3-7-11(10)16-12/h2-3,5-7H,4,8H2,1H3,(H2,15,16). The maximum absolute atomic E-state index is 6.25. The molecule has 0 spiro atoms. The van der Waals surface area contributed by atoms with Crippen LogP contribution < -0.4 is 5.73 Å². The molecule has 0 saturated heterocycles. The molecule has 16 heavy (non-hydrogen) atoms. The Hall–Kier alpha value is -1.83. The third-order valence-electron chi connectivity index (χ3n) is 3.23. The van der Waals surface area contributed by atoms with Crippen LogP contribution in [0, 0.1) is 0 Å². The minimum Gasteiger partial charge on any atom is -0.398 e. The molecule has 1 aromatic heterocycles. The smallest absolute Gasteiger partial charge is 0.0726 e. The average molecular weight is 210 g/mol. The summed E-state index contributed by atoms with van der Waals surface area (Å²) in [5, 5.41) is 1.07. The van der Waals surface area contributed by atoms with Crippen LogP contribution in [0.2, 0.25) is 0 Å². The summed E-state index contributed by atoms with van der Waals surface area (Å²) in [6.45, 7) is 2.12. The van der Waals surface area contributed by atoms with E-state index in [2.05, 4.69) is 13.0 Å². The first kappa shape index (κ1) is 9.40. The Balaban J connectivity index is 2.43. The highest BCUT2D eigenvalue weighted by Crippen LogP contribution is 2.34. The third kappa shape index (κ3) is 1.23. The predicted molar refractivity (Wildman–Crippen MR) is 68.1 cm³/mol. The van der Waals surface area contributed by atoms with Gasteiger partial charge in [-0.05, 0) is 31.4 Å². The van der Waals surface area contributed by atoms with Gasteiger partial charge >= 0.3 is 0 Å². The van der Waals surface area contributed by atoms with Crippen LogP contribution in [-0.2, 0) is 6.42 Å². The van der Waals surface area contributed by atoms with Gasteiger partial charge in [-0.25, -0.2) is 0 Å². The van der Waals surface area contributed by atoms with Crippen LogP contribution in [0.4, 0.5) is 5.69 Å². The van der Waals surface area contributed by atoms with Gasteiger partial charge in [0.1, 0.15) is 0 Å². The lowest BCUT2D eigenvalue weighted by atomic mass is 9.93. The largest absolute Gasteiger partial charge is 0.398 e. The molecule has 0 bridgehead atoms. The fourth-order valence-corrected chi connectivity index (χ4v) is 2.44. The number of nitrogens with zero attached hydrogens (tertiary/aromatic N) is 1. The van der Waals surface area contributed by atoms with Crippen molar-refractivity contribution in [3.63, 3.8) is 0 Å². The van der Waals surface area contributed by atoms with E-state index in [-0.39, 0.29) is 0 Å². The molecule has 0 fully saturated rings. The number of hydrogen-bond acceptors (Lipinski definition) is 2. The summed E-state index contributed by atoms with van der Waals surface area (Å²) in [6, 6.07) is 8.08. The van der Waals surface area contributed by atoms with E-state index >= 15 is 0 Å². The normalized spacial score (nSPS) is 14.7. The summed E-state index contributed by atoms with van der Waals surface area (Å²) >= 11 is 0. The first-order chi connectivity index (χ1) is 7.77. The third-order valence-corrected chi connectivity index (χ3v) is 3.23. The van der Waals surface area contributed by atoms with Crippen molar-refractivity contribution in [3.8, 4) is 0 Å². The number of para-hydroxylation sites is 1. The van der Waals surface area contributed by atoms with Crippen LogP contribution in [-0.4, -0.2) is 4.98 Å². The number of allylic oxidation sites excluding steroid dienone is 2. The molecule has 0 amide bonds. The van der Waals surface area contributed by atoms with Crippen molar-refractivity contribution in [2.75, 3.05) is 5.73 Å². The van der Waals surface area contributed by atoms with E-state index < -0.39 is 0 Å². The number of benzene rings is 1. The molecule has 0 atom stereocenters. The number of hydrogen-bond donors (Lipinski definition) is 1. The number of nitrogens with two attached hydrogens (primary N) is 1. The number of aryl methyl sites for hydroxylation is 1. The topological polar surface area (TPSA) is 38.9 Å². The van der Waals surface area contributed by atoms with E-state index in [0.29, 0.717) is 0 Å². The van der Waals surface area contributed by atoms with Gasteiger partial charge in [-0.1, -0.05) is 24.3 Å². The first-order valence-corrected chi connectivity index (χ1v) is 5.61. The van der Waals surface area contributed by atoms with Crippen LogP contribution in [0.25, 0.3) is 16.5 Å². The molecule has 0 saturated carbocycles. The second kappa shape index (κ2) is 3.34. The number of fused-ring (bicyclic) bond motifs is 2. The lowest BCUT2D eigenvalue weighted by Crippen LogP contribution is -2.06. The van der Waals surface area contributed by atoms with E-state index in [1.807, 2.05) is 24.3 Å². The molecule has 0 unspecified atom stereocenters. The summed E-state index contributed by atoms with van der Waals surface area (Å²) in [6.07, 6.45) is 4.32. The maximum Gasteiger partial charge on any atom is 0.0726 e. The molecule has 0 radical (unpaired) electrons. The molecule has 2 aromatic rings. The Bertz CT molecular complexity index is 597. The number of pyridine rings is 1. The second-order valence-corrected chi connectivity index (χ2v) is 4.29. The van der Waals surface area contributed by atoms with Gasteiger partial charge in [0.25, 0.3) is 0 Å². The molecule has 2 heteroatoms. The van der Waals surface area contributed by atoms with Crippen molar-refractivity contribution < 1.29 is 0 Å². The molecule has 1 aliphatic carbocycles. The van der Waals surface area contributed by atoms with Crippen molar-refractivity contribution in [3.05, 3.63) is 41.6 Å². The van der Waals surface area contributed by atoms with Gasteiger partial charge in [0.05, 0.1) is 16.9 Å². The lowest BCUT2D eigenvalue weighted by molar-refractivity contribution is 0.931. The number of nitrogen functional groups attached to an aromatic ring is 1. The van der Waals surface area contributed by atoms with Crippen molar-refractivity contribution >= 4 is 22.2 Å². The molecular formula is C14H14N2. The van der Waals surface area contributed by atoms with Crippen molar-refractivity contribution in [2.45, 2.75) is 19.8 Å². The van der Waals surface area contributed by atoms with E-state index in [1.165, 1.54) is 5.57 Å². The fraction of sp³-hybridized carbons (Fsp3) is 0.214. The molecule has 80 valence electrons. The average Bonchev–Trinajstić information content (AvgIpc) is 2.29. The van der Waals surface area contributed by atoms with Crippen molar-refractivity contribution in [1.29, 1.82) is 0 Å². The Labute approximate surface area is 94.8 Å². The Kier molecular flexibility index (Phi) is 1.96. The first-order valence-electron chi connectivity index (χ1n) is 5.61. The van der Waals surface area contributed by atoms with E-state index in [4.69, 9.17) is 10.7 Å². The molecule has 1 aromatic carbocycles. The highest BCUT2D eigenvalue weighted by atomic mass is 14.7. The Morgan fingerprint density at radius 3 is 2.94 bits per heavy atom. The fourth-order valence-electron chi connectivity index (χ4n) is 2.44. The van der Waals surface area contributed by atoms with Crippen molar-refractivity contribution in [1.82, 2.24) is 4.98 Å². The number of anilines is 1. The van der Waals surface area contributed by atoms with Gasteiger partial charge in [-0.2, -0.15) is 0 Å². The summed E-state index contributed by atoms with van der Waals surface area (Å²) < 4.78 is 0. The molecule has 2 nitrogen and oxygen atoms in total. The van der Waals surface area contributed by atoms with Gasteiger partial charge in [0.15, 0.2) is 0 Å². The molecule has 2 N–H and O–H groups in total. The quantitative estimate of drug-likeness (QED) is 0.725. The molecule has 3 rings (SSSR count). The molecule has 1 heterocycles.